The molecule has 0 amide bonds. The van der Waals surface area contributed by atoms with Crippen LogP contribution in [0.3, 0.4) is 0 Å². The Morgan fingerprint density at radius 3 is 2.33 bits per heavy atom. The van der Waals surface area contributed by atoms with Crippen molar-refractivity contribution < 1.29 is 13.9 Å². The summed E-state index contributed by atoms with van der Waals surface area (Å²) in [7, 11) is 3.18. The summed E-state index contributed by atoms with van der Waals surface area (Å²) in [6, 6.07) is 12.5. The molecule has 4 heteroatoms. The highest BCUT2D eigenvalue weighted by atomic mass is 19.1. The van der Waals surface area contributed by atoms with Crippen molar-refractivity contribution in [1.29, 1.82) is 0 Å². The maximum atomic E-state index is 13.2. The Morgan fingerprint density at radius 2 is 1.76 bits per heavy atom. The molecule has 0 fully saturated rings. The third-order valence-electron chi connectivity index (χ3n) is 3.42. The van der Waals surface area contributed by atoms with E-state index in [9.17, 15) is 4.39 Å². The zero-order valence-electron chi connectivity index (χ0n) is 12.5. The van der Waals surface area contributed by atoms with Crippen molar-refractivity contribution in [1.82, 2.24) is 0 Å². The molecule has 0 bridgehead atoms. The standard InChI is InChI=1S/C17H20FNO2/c1-4-15(12-5-8-14(20-2)9-6-12)19-16-10-7-13(18)11-17(16)21-3/h5-11,15,19H,4H2,1-3H3. The van der Waals surface area contributed by atoms with Gasteiger partial charge in [-0.1, -0.05) is 19.1 Å². The SMILES string of the molecule is CCC(Nc1ccc(F)cc1OC)c1ccc(OC)cc1. The summed E-state index contributed by atoms with van der Waals surface area (Å²) in [6.45, 7) is 2.10. The quantitative estimate of drug-likeness (QED) is 0.854. The second kappa shape index (κ2) is 6.97. The van der Waals surface area contributed by atoms with Crippen LogP contribution < -0.4 is 14.8 Å². The molecule has 0 spiro atoms. The van der Waals surface area contributed by atoms with E-state index in [-0.39, 0.29) is 11.9 Å². The van der Waals surface area contributed by atoms with Crippen molar-refractivity contribution in [3.8, 4) is 11.5 Å². The van der Waals surface area contributed by atoms with Crippen LogP contribution in [0.5, 0.6) is 11.5 Å². The van der Waals surface area contributed by atoms with E-state index in [2.05, 4.69) is 12.2 Å². The molecule has 1 unspecified atom stereocenters. The summed E-state index contributed by atoms with van der Waals surface area (Å²) >= 11 is 0. The van der Waals surface area contributed by atoms with Crippen molar-refractivity contribution in [2.45, 2.75) is 19.4 Å². The molecule has 0 saturated heterocycles. The fraction of sp³-hybridized carbons (Fsp3) is 0.294. The largest absolute Gasteiger partial charge is 0.497 e. The van der Waals surface area contributed by atoms with Crippen molar-refractivity contribution >= 4 is 5.69 Å². The fourth-order valence-corrected chi connectivity index (χ4v) is 2.23. The average Bonchev–Trinajstić information content (AvgIpc) is 2.53. The lowest BCUT2D eigenvalue weighted by Crippen LogP contribution is -2.10. The number of benzene rings is 2. The Labute approximate surface area is 124 Å². The lowest BCUT2D eigenvalue weighted by molar-refractivity contribution is 0.412. The number of anilines is 1. The van der Waals surface area contributed by atoms with Gasteiger partial charge in [-0.3, -0.25) is 0 Å². The van der Waals surface area contributed by atoms with Gasteiger partial charge >= 0.3 is 0 Å². The Bertz CT molecular complexity index is 584. The molecule has 2 aromatic carbocycles. The Hall–Kier alpha value is -2.23. The molecule has 0 radical (unpaired) electrons. The van der Waals surface area contributed by atoms with Crippen LogP contribution in [-0.4, -0.2) is 14.2 Å². The summed E-state index contributed by atoms with van der Waals surface area (Å²) in [5.41, 5.74) is 1.92. The second-order valence-corrected chi connectivity index (χ2v) is 4.72. The highest BCUT2D eigenvalue weighted by Gasteiger charge is 2.12. The van der Waals surface area contributed by atoms with Crippen molar-refractivity contribution in [3.05, 3.63) is 53.8 Å². The third-order valence-corrected chi connectivity index (χ3v) is 3.42. The van der Waals surface area contributed by atoms with Crippen LogP contribution in [0, 0.1) is 5.82 Å². The molecule has 21 heavy (non-hydrogen) atoms. The summed E-state index contributed by atoms with van der Waals surface area (Å²) in [6.07, 6.45) is 0.896. The van der Waals surface area contributed by atoms with Gasteiger partial charge in [0.15, 0.2) is 0 Å². The van der Waals surface area contributed by atoms with Crippen LogP contribution in [0.15, 0.2) is 42.5 Å². The lowest BCUT2D eigenvalue weighted by atomic mass is 10.0. The first kappa shape index (κ1) is 15.2. The maximum Gasteiger partial charge on any atom is 0.144 e. The molecule has 0 aliphatic heterocycles. The number of rotatable bonds is 6. The van der Waals surface area contributed by atoms with E-state index in [0.717, 1.165) is 23.4 Å². The molecule has 2 rings (SSSR count). The topological polar surface area (TPSA) is 30.5 Å². The second-order valence-electron chi connectivity index (χ2n) is 4.72. The molecule has 0 saturated carbocycles. The molecule has 0 aliphatic rings. The minimum Gasteiger partial charge on any atom is -0.497 e. The van der Waals surface area contributed by atoms with Gasteiger partial charge < -0.3 is 14.8 Å². The minimum atomic E-state index is -0.310. The molecule has 112 valence electrons. The zero-order valence-corrected chi connectivity index (χ0v) is 12.5. The number of nitrogens with one attached hydrogen (secondary N) is 1. The summed E-state index contributed by atoms with van der Waals surface area (Å²) in [5, 5.41) is 3.40. The van der Waals surface area contributed by atoms with Crippen LogP contribution in [0.25, 0.3) is 0 Å². The monoisotopic (exact) mass is 289 g/mol. The van der Waals surface area contributed by atoms with Gasteiger partial charge in [0.25, 0.3) is 0 Å². The first-order valence-corrected chi connectivity index (χ1v) is 6.92. The number of ether oxygens (including phenoxy) is 2. The molecule has 2 aromatic rings. The number of hydrogen-bond acceptors (Lipinski definition) is 3. The average molecular weight is 289 g/mol. The predicted molar refractivity (Wildman–Crippen MR) is 82.6 cm³/mol. The maximum absolute atomic E-state index is 13.2. The van der Waals surface area contributed by atoms with Crippen molar-refractivity contribution in [2.24, 2.45) is 0 Å². The fourth-order valence-electron chi connectivity index (χ4n) is 2.23. The van der Waals surface area contributed by atoms with Crippen LogP contribution in [0.4, 0.5) is 10.1 Å². The molecule has 0 aliphatic carbocycles. The van der Waals surface area contributed by atoms with E-state index in [4.69, 9.17) is 9.47 Å². The normalized spacial score (nSPS) is 11.8. The van der Waals surface area contributed by atoms with E-state index >= 15 is 0 Å². The van der Waals surface area contributed by atoms with Gasteiger partial charge in [-0.05, 0) is 36.2 Å². The van der Waals surface area contributed by atoms with Gasteiger partial charge in [-0.2, -0.15) is 0 Å². The van der Waals surface area contributed by atoms with Gasteiger partial charge in [-0.25, -0.2) is 4.39 Å². The predicted octanol–water partition coefficient (Wildman–Crippen LogP) is 4.41. The number of hydrogen-bond donors (Lipinski definition) is 1. The number of halogens is 1. The van der Waals surface area contributed by atoms with E-state index < -0.39 is 0 Å². The Kier molecular flexibility index (Phi) is 5.04. The van der Waals surface area contributed by atoms with Gasteiger partial charge in [0.2, 0.25) is 0 Å². The van der Waals surface area contributed by atoms with Gasteiger partial charge in [0.1, 0.15) is 17.3 Å². The smallest absolute Gasteiger partial charge is 0.144 e. The zero-order chi connectivity index (χ0) is 15.2. The first-order chi connectivity index (χ1) is 10.2. The van der Waals surface area contributed by atoms with Crippen LogP contribution in [0.2, 0.25) is 0 Å². The van der Waals surface area contributed by atoms with Crippen molar-refractivity contribution in [2.75, 3.05) is 19.5 Å². The summed E-state index contributed by atoms with van der Waals surface area (Å²) in [4.78, 5) is 0. The lowest BCUT2D eigenvalue weighted by Gasteiger charge is -2.20. The third kappa shape index (κ3) is 3.66. The molecule has 1 N–H and O–H groups in total. The van der Waals surface area contributed by atoms with E-state index in [1.54, 1.807) is 13.2 Å². The van der Waals surface area contributed by atoms with Gasteiger partial charge in [0, 0.05) is 6.07 Å². The molecular formula is C17H20FNO2. The van der Waals surface area contributed by atoms with E-state index in [1.807, 2.05) is 24.3 Å². The van der Waals surface area contributed by atoms with E-state index in [0.29, 0.717) is 5.75 Å². The number of methoxy groups -OCH3 is 2. The Balaban J connectivity index is 2.22. The van der Waals surface area contributed by atoms with Crippen LogP contribution in [0.1, 0.15) is 24.9 Å². The molecule has 0 heterocycles. The van der Waals surface area contributed by atoms with E-state index in [1.165, 1.54) is 19.2 Å². The van der Waals surface area contributed by atoms with Gasteiger partial charge in [-0.15, -0.1) is 0 Å². The molecule has 1 atom stereocenters. The van der Waals surface area contributed by atoms with Crippen LogP contribution in [-0.2, 0) is 0 Å². The molecule has 0 aromatic heterocycles. The first-order valence-electron chi connectivity index (χ1n) is 6.92. The minimum absolute atomic E-state index is 0.121. The van der Waals surface area contributed by atoms with Crippen molar-refractivity contribution in [3.63, 3.8) is 0 Å². The molecular weight excluding hydrogens is 269 g/mol. The van der Waals surface area contributed by atoms with Crippen LogP contribution >= 0.6 is 0 Å². The summed E-state index contributed by atoms with van der Waals surface area (Å²) < 4.78 is 23.6. The Morgan fingerprint density at radius 1 is 1.05 bits per heavy atom. The highest BCUT2D eigenvalue weighted by Crippen LogP contribution is 2.30. The summed E-state index contributed by atoms with van der Waals surface area (Å²) in [5.74, 6) is 1.02. The highest BCUT2D eigenvalue weighted by molar-refractivity contribution is 5.57. The molecule has 3 nitrogen and oxygen atoms in total. The van der Waals surface area contributed by atoms with Gasteiger partial charge in [0.05, 0.1) is 25.9 Å².